The Balaban J connectivity index is 2.45. The topological polar surface area (TPSA) is 106 Å². The highest BCUT2D eigenvalue weighted by Gasteiger charge is 2.43. The summed E-state index contributed by atoms with van der Waals surface area (Å²) in [6.07, 6.45) is 0. The van der Waals surface area contributed by atoms with Gasteiger partial charge in [-0.2, -0.15) is 5.26 Å². The molecule has 0 fully saturated rings. The van der Waals surface area contributed by atoms with E-state index in [-0.39, 0.29) is 32.8 Å². The van der Waals surface area contributed by atoms with E-state index in [1.54, 1.807) is 30.3 Å². The highest BCUT2D eigenvalue weighted by atomic mass is 79.9. The summed E-state index contributed by atoms with van der Waals surface area (Å²) in [7, 11) is 2.26. The molecular weight excluding hydrogens is 469 g/mol. The second-order valence-corrected chi connectivity index (χ2v) is 7.26. The summed E-state index contributed by atoms with van der Waals surface area (Å²) >= 11 is 3.10. The number of ether oxygens (including phenoxy) is 2. The largest absolute Gasteiger partial charge is 0.466 e. The molecule has 2 aromatic rings. The molecule has 0 bridgehead atoms. The smallest absolute Gasteiger partial charge is 0.355 e. The Hall–Kier alpha value is -3.64. The number of carbonyl (C=O) groups excluding carboxylic acids is 2. The van der Waals surface area contributed by atoms with Crippen LogP contribution in [0.25, 0.3) is 0 Å². The van der Waals surface area contributed by atoms with E-state index in [1.807, 2.05) is 6.07 Å². The summed E-state index contributed by atoms with van der Waals surface area (Å²) in [6.45, 7) is 0. The molecule has 1 aliphatic rings. The van der Waals surface area contributed by atoms with E-state index in [2.05, 4.69) is 15.9 Å². The van der Waals surface area contributed by atoms with Crippen LogP contribution in [-0.4, -0.2) is 26.2 Å². The van der Waals surface area contributed by atoms with Gasteiger partial charge < -0.3 is 15.2 Å². The van der Waals surface area contributed by atoms with Gasteiger partial charge in [-0.15, -0.1) is 0 Å². The number of anilines is 1. The van der Waals surface area contributed by atoms with Crippen LogP contribution in [0.5, 0.6) is 0 Å². The van der Waals surface area contributed by atoms with E-state index in [1.165, 1.54) is 18.2 Å². The van der Waals surface area contributed by atoms with Gasteiger partial charge in [-0.05, 0) is 33.6 Å². The van der Waals surface area contributed by atoms with Crippen molar-refractivity contribution in [2.75, 3.05) is 19.1 Å². The fourth-order valence-corrected chi connectivity index (χ4v) is 3.78. The highest BCUT2D eigenvalue weighted by Crippen LogP contribution is 2.44. The van der Waals surface area contributed by atoms with Crippen molar-refractivity contribution in [3.8, 4) is 6.07 Å². The van der Waals surface area contributed by atoms with E-state index < -0.39 is 23.7 Å². The Morgan fingerprint density at radius 2 is 1.74 bits per heavy atom. The second kappa shape index (κ2) is 9.02. The standard InChI is InChI=1S/C22H17BrFN3O4/c1-30-21(28)17-16(12-7-4-3-5-8-12)13(11-25)20(26)27(19(17)22(29)31-2)15-10-6-9-14(23)18(15)24/h3-10,16H,26H2,1-2H3. The van der Waals surface area contributed by atoms with Crippen LogP contribution in [0.15, 0.2) is 75.7 Å². The number of carbonyl (C=O) groups is 2. The Morgan fingerprint density at radius 1 is 1.10 bits per heavy atom. The van der Waals surface area contributed by atoms with Crippen molar-refractivity contribution >= 4 is 33.6 Å². The van der Waals surface area contributed by atoms with Gasteiger partial charge in [0, 0.05) is 0 Å². The molecule has 0 aliphatic carbocycles. The molecular formula is C22H17BrFN3O4. The second-order valence-electron chi connectivity index (χ2n) is 6.41. The predicted octanol–water partition coefficient (Wildman–Crippen LogP) is 3.49. The zero-order valence-electron chi connectivity index (χ0n) is 16.6. The van der Waals surface area contributed by atoms with Crippen molar-refractivity contribution in [1.82, 2.24) is 0 Å². The van der Waals surface area contributed by atoms with Crippen LogP contribution in [0.2, 0.25) is 0 Å². The number of methoxy groups -OCH3 is 2. The Kier molecular flexibility index (Phi) is 6.42. The number of hydrogen-bond acceptors (Lipinski definition) is 7. The first kappa shape index (κ1) is 22.1. The average Bonchev–Trinajstić information content (AvgIpc) is 2.79. The fourth-order valence-electron chi connectivity index (χ4n) is 3.43. The molecule has 0 radical (unpaired) electrons. The summed E-state index contributed by atoms with van der Waals surface area (Å²) in [5, 5.41) is 9.93. The normalized spacial score (nSPS) is 16.1. The van der Waals surface area contributed by atoms with Crippen LogP contribution in [0.3, 0.4) is 0 Å². The van der Waals surface area contributed by atoms with Crippen LogP contribution in [0, 0.1) is 17.1 Å². The number of allylic oxidation sites excluding steroid dienone is 1. The zero-order chi connectivity index (χ0) is 22.7. The molecule has 0 spiro atoms. The minimum atomic E-state index is -1.01. The quantitative estimate of drug-likeness (QED) is 0.660. The lowest BCUT2D eigenvalue weighted by molar-refractivity contribution is -0.139. The van der Waals surface area contributed by atoms with Crippen molar-refractivity contribution in [2.45, 2.75) is 5.92 Å². The molecule has 31 heavy (non-hydrogen) atoms. The van der Waals surface area contributed by atoms with Gasteiger partial charge in [0.2, 0.25) is 0 Å². The zero-order valence-corrected chi connectivity index (χ0v) is 18.1. The molecule has 1 unspecified atom stereocenters. The lowest BCUT2D eigenvalue weighted by Crippen LogP contribution is -2.41. The van der Waals surface area contributed by atoms with Gasteiger partial charge in [-0.1, -0.05) is 36.4 Å². The van der Waals surface area contributed by atoms with Crippen molar-refractivity contribution < 1.29 is 23.5 Å². The van der Waals surface area contributed by atoms with Crippen molar-refractivity contribution in [3.63, 3.8) is 0 Å². The maximum absolute atomic E-state index is 15.0. The SMILES string of the molecule is COC(=O)C1=C(C(=O)OC)N(c2cccc(Br)c2F)C(N)=C(C#N)C1c1ccccc1. The predicted molar refractivity (Wildman–Crippen MR) is 114 cm³/mol. The molecule has 0 amide bonds. The van der Waals surface area contributed by atoms with Crippen LogP contribution in [0.4, 0.5) is 10.1 Å². The lowest BCUT2D eigenvalue weighted by atomic mass is 9.81. The monoisotopic (exact) mass is 485 g/mol. The summed E-state index contributed by atoms with van der Waals surface area (Å²) < 4.78 is 24.9. The number of esters is 2. The van der Waals surface area contributed by atoms with Crippen molar-refractivity contribution in [2.24, 2.45) is 5.73 Å². The van der Waals surface area contributed by atoms with Gasteiger partial charge in [-0.3, -0.25) is 4.90 Å². The Morgan fingerprint density at radius 3 is 2.32 bits per heavy atom. The molecule has 3 rings (SSSR count). The first-order valence-corrected chi connectivity index (χ1v) is 9.76. The summed E-state index contributed by atoms with van der Waals surface area (Å²) in [5.74, 6) is -3.79. The van der Waals surface area contributed by atoms with Crippen LogP contribution in [-0.2, 0) is 19.1 Å². The van der Waals surface area contributed by atoms with Crippen LogP contribution in [0.1, 0.15) is 11.5 Å². The van der Waals surface area contributed by atoms with Crippen LogP contribution < -0.4 is 10.6 Å². The maximum Gasteiger partial charge on any atom is 0.355 e. The van der Waals surface area contributed by atoms with E-state index in [0.717, 1.165) is 19.1 Å². The van der Waals surface area contributed by atoms with Crippen molar-refractivity contribution in [3.05, 3.63) is 87.0 Å². The Bertz CT molecular complexity index is 1160. The summed E-state index contributed by atoms with van der Waals surface area (Å²) in [4.78, 5) is 26.8. The molecule has 7 nitrogen and oxygen atoms in total. The van der Waals surface area contributed by atoms with Gasteiger partial charge in [-0.25, -0.2) is 14.0 Å². The van der Waals surface area contributed by atoms with Crippen LogP contribution >= 0.6 is 15.9 Å². The number of nitrogens with zero attached hydrogens (tertiary/aromatic N) is 2. The number of rotatable bonds is 4. The van der Waals surface area contributed by atoms with E-state index >= 15 is 4.39 Å². The van der Waals surface area contributed by atoms with Crippen molar-refractivity contribution in [1.29, 1.82) is 5.26 Å². The third kappa shape index (κ3) is 3.78. The first-order valence-electron chi connectivity index (χ1n) is 8.96. The number of halogens is 2. The van der Waals surface area contributed by atoms with Gasteiger partial charge in [0.15, 0.2) is 5.82 Å². The number of nitriles is 1. The maximum atomic E-state index is 15.0. The molecule has 1 heterocycles. The van der Waals surface area contributed by atoms with E-state index in [9.17, 15) is 14.9 Å². The molecule has 0 saturated heterocycles. The third-order valence-corrected chi connectivity index (χ3v) is 5.39. The van der Waals surface area contributed by atoms with Gasteiger partial charge in [0.1, 0.15) is 11.5 Å². The molecule has 2 aromatic carbocycles. The molecule has 1 aliphatic heterocycles. The Labute approximate surface area is 186 Å². The molecule has 0 saturated carbocycles. The first-order chi connectivity index (χ1) is 14.9. The number of hydrogen-bond donors (Lipinski definition) is 1. The van der Waals surface area contributed by atoms with E-state index in [0.29, 0.717) is 5.56 Å². The van der Waals surface area contributed by atoms with Gasteiger partial charge >= 0.3 is 11.9 Å². The van der Waals surface area contributed by atoms with Gasteiger partial charge in [0.05, 0.1) is 47.5 Å². The third-order valence-electron chi connectivity index (χ3n) is 4.78. The molecule has 1 atom stereocenters. The highest BCUT2D eigenvalue weighted by molar-refractivity contribution is 9.10. The number of nitrogens with two attached hydrogens (primary N) is 1. The fraction of sp³-hybridized carbons (Fsp3) is 0.136. The summed E-state index contributed by atoms with van der Waals surface area (Å²) in [6, 6.07) is 14.9. The molecule has 2 N–H and O–H groups in total. The minimum absolute atomic E-state index is 0.0429. The number of benzene rings is 2. The minimum Gasteiger partial charge on any atom is -0.466 e. The van der Waals surface area contributed by atoms with Gasteiger partial charge in [0.25, 0.3) is 0 Å². The van der Waals surface area contributed by atoms with E-state index in [4.69, 9.17) is 15.2 Å². The molecule has 0 aromatic heterocycles. The summed E-state index contributed by atoms with van der Waals surface area (Å²) in [5.41, 5.74) is 6.12. The molecule has 158 valence electrons. The lowest BCUT2D eigenvalue weighted by Gasteiger charge is -2.36. The average molecular weight is 486 g/mol. The molecule has 9 heteroatoms.